The van der Waals surface area contributed by atoms with E-state index in [4.69, 9.17) is 0 Å². The van der Waals surface area contributed by atoms with Crippen LogP contribution in [0.25, 0.3) is 89.7 Å². The van der Waals surface area contributed by atoms with E-state index in [-0.39, 0.29) is 11.1 Å². The molecule has 21 heteroatoms. The number of hydrogen-bond donors (Lipinski definition) is 2. The predicted molar refractivity (Wildman–Crippen MR) is 168 cm³/mol. The maximum absolute atomic E-state index is 15.5. The molecule has 2 aliphatic heterocycles. The van der Waals surface area contributed by atoms with E-state index in [0.29, 0.717) is 3.57 Å². The fraction of sp³-hybridized carbons (Fsp3) is 0. The lowest BCUT2D eigenvalue weighted by Gasteiger charge is -2.05. The molecule has 53 heavy (non-hydrogen) atoms. The first kappa shape index (κ1) is 33.0. The van der Waals surface area contributed by atoms with Crippen molar-refractivity contribution in [2.24, 2.45) is 0 Å². The van der Waals surface area contributed by atoms with Gasteiger partial charge in [0.25, 0.3) is 0 Å². The van der Waals surface area contributed by atoms with Crippen molar-refractivity contribution in [1.29, 1.82) is 0 Å². The van der Waals surface area contributed by atoms with E-state index in [0.717, 1.165) is 0 Å². The van der Waals surface area contributed by atoms with Gasteiger partial charge in [0.1, 0.15) is 22.6 Å². The highest BCUT2D eigenvalue weighted by molar-refractivity contribution is 14.1. The molecule has 0 spiro atoms. The molecule has 0 aliphatic carbocycles. The van der Waals surface area contributed by atoms with Gasteiger partial charge >= 0.3 is 0 Å². The minimum Gasteiger partial charge on any atom is -0.324 e. The maximum atomic E-state index is 15.5. The standard InChI is InChI=1S/C32H5F12IN8/c33-13-7-9(15(35)21(41)19(13)39)29-49-27(7)47-25-5-2-1-4(45)3-6(5)26(46-25)48-28-8-10(16(36)22(42)20(40)14(8)34)30(50-28)52-32-12-11(31(51-29)53-32)17(37)23(43)24(44)18(12)38/h1-3H,(H2,46,47,48,49,50,51,52,53). The smallest absolute Gasteiger partial charge is 0.198 e. The third-order valence-corrected chi connectivity index (χ3v) is 9.10. The highest BCUT2D eigenvalue weighted by atomic mass is 127. The van der Waals surface area contributed by atoms with Gasteiger partial charge in [0.05, 0.1) is 32.7 Å². The summed E-state index contributed by atoms with van der Waals surface area (Å²) in [4.78, 5) is 28.4. The highest BCUT2D eigenvalue weighted by Gasteiger charge is 2.35. The van der Waals surface area contributed by atoms with Crippen molar-refractivity contribution >= 4 is 66.7 Å². The molecule has 0 unspecified atom stereocenters. The van der Waals surface area contributed by atoms with Crippen LogP contribution in [0, 0.1) is 73.4 Å². The van der Waals surface area contributed by atoms with Crippen LogP contribution in [0.1, 0.15) is 0 Å². The van der Waals surface area contributed by atoms with Gasteiger partial charge in [-0.2, -0.15) is 0 Å². The number of nitrogens with one attached hydrogen (secondary N) is 2. The Balaban J connectivity index is 1.59. The zero-order valence-corrected chi connectivity index (χ0v) is 27.0. The second kappa shape index (κ2) is 11.1. The van der Waals surface area contributed by atoms with Crippen LogP contribution in [0.3, 0.4) is 0 Å². The molecule has 8 nitrogen and oxygen atoms in total. The molecule has 0 amide bonds. The van der Waals surface area contributed by atoms with E-state index in [9.17, 15) is 26.3 Å². The lowest BCUT2D eigenvalue weighted by atomic mass is 10.1. The second-order valence-electron chi connectivity index (χ2n) is 11.3. The van der Waals surface area contributed by atoms with Crippen molar-refractivity contribution in [1.82, 2.24) is 39.9 Å². The number of nitrogens with zero attached hydrogens (tertiary/aromatic N) is 6. The van der Waals surface area contributed by atoms with Crippen molar-refractivity contribution in [2.45, 2.75) is 0 Å². The van der Waals surface area contributed by atoms with Gasteiger partial charge in [0.2, 0.25) is 0 Å². The van der Waals surface area contributed by atoms with Gasteiger partial charge in [-0.05, 0) is 40.8 Å². The molecular formula is C32H5F12IN8. The molecule has 0 radical (unpaired) electrons. The number of aromatic amines is 2. The summed E-state index contributed by atoms with van der Waals surface area (Å²) in [6.07, 6.45) is 0. The van der Waals surface area contributed by atoms with Crippen molar-refractivity contribution in [3.8, 4) is 45.6 Å². The van der Waals surface area contributed by atoms with Gasteiger partial charge in [0, 0.05) is 14.7 Å². The minimum atomic E-state index is -2.41. The Morgan fingerprint density at radius 1 is 0.358 bits per heavy atom. The Morgan fingerprint density at radius 2 is 0.679 bits per heavy atom. The van der Waals surface area contributed by atoms with Crippen molar-refractivity contribution in [3.05, 3.63) is 91.6 Å². The zero-order chi connectivity index (χ0) is 37.5. The summed E-state index contributed by atoms with van der Waals surface area (Å²) in [5, 5.41) is -4.48. The summed E-state index contributed by atoms with van der Waals surface area (Å²) in [7, 11) is 0. The summed E-state index contributed by atoms with van der Waals surface area (Å²) >= 11 is 1.88. The monoisotopic (exact) mass is 856 g/mol. The zero-order valence-electron chi connectivity index (χ0n) is 24.8. The third kappa shape index (κ3) is 4.39. The van der Waals surface area contributed by atoms with E-state index >= 15 is 26.3 Å². The van der Waals surface area contributed by atoms with Crippen LogP contribution in [0.5, 0.6) is 0 Å². The molecule has 9 rings (SSSR count). The number of benzene rings is 4. The predicted octanol–water partition coefficient (Wildman–Crippen LogP) is 9.14. The largest absolute Gasteiger partial charge is 0.324 e. The van der Waals surface area contributed by atoms with Gasteiger partial charge in [0.15, 0.2) is 93.1 Å². The molecule has 2 aliphatic rings. The molecule has 3 aromatic heterocycles. The lowest BCUT2D eigenvalue weighted by molar-refractivity contribution is 0.412. The van der Waals surface area contributed by atoms with Crippen LogP contribution >= 0.6 is 22.6 Å². The van der Waals surface area contributed by atoms with Crippen LogP contribution in [0.4, 0.5) is 52.7 Å². The first-order valence-corrected chi connectivity index (χ1v) is 15.5. The molecular weight excluding hydrogens is 851 g/mol. The molecule has 0 atom stereocenters. The molecule has 8 bridgehead atoms. The molecule has 7 aromatic rings. The molecule has 4 aromatic carbocycles. The van der Waals surface area contributed by atoms with Gasteiger partial charge < -0.3 is 9.97 Å². The number of fused-ring (bicyclic) bond motifs is 20. The van der Waals surface area contributed by atoms with Crippen LogP contribution in [-0.2, 0) is 0 Å². The Bertz CT molecular complexity index is 3070. The van der Waals surface area contributed by atoms with Gasteiger partial charge in [-0.15, -0.1) is 0 Å². The third-order valence-electron chi connectivity index (χ3n) is 8.43. The van der Waals surface area contributed by atoms with E-state index in [1.165, 1.54) is 18.2 Å². The van der Waals surface area contributed by atoms with Crippen molar-refractivity contribution in [2.75, 3.05) is 0 Å². The quantitative estimate of drug-likeness (QED) is 0.0682. The Morgan fingerprint density at radius 3 is 1.08 bits per heavy atom. The Labute approximate surface area is 295 Å². The average molecular weight is 856 g/mol. The van der Waals surface area contributed by atoms with Gasteiger partial charge in [-0.3, -0.25) is 0 Å². The minimum absolute atomic E-state index is 0.0887. The Hall–Kier alpha value is -5.87. The summed E-state index contributed by atoms with van der Waals surface area (Å²) in [6, 6.07) is 4.41. The van der Waals surface area contributed by atoms with Crippen LogP contribution < -0.4 is 0 Å². The maximum Gasteiger partial charge on any atom is 0.198 e. The summed E-state index contributed by atoms with van der Waals surface area (Å²) in [5.41, 5.74) is -6.04. The van der Waals surface area contributed by atoms with Crippen LogP contribution in [-0.4, -0.2) is 39.9 Å². The molecule has 0 saturated heterocycles. The first-order chi connectivity index (χ1) is 25.2. The van der Waals surface area contributed by atoms with E-state index in [1.807, 2.05) is 22.6 Å². The van der Waals surface area contributed by atoms with Gasteiger partial charge in [-0.1, -0.05) is 0 Å². The van der Waals surface area contributed by atoms with E-state index in [2.05, 4.69) is 39.9 Å². The summed E-state index contributed by atoms with van der Waals surface area (Å²) in [5.74, 6) is -29.6. The normalized spacial score (nSPS) is 12.2. The number of halogens is 13. The lowest BCUT2D eigenvalue weighted by Crippen LogP contribution is -2.01. The second-order valence-corrected chi connectivity index (χ2v) is 12.6. The molecule has 0 fully saturated rings. The molecule has 0 saturated carbocycles. The number of H-pyrrole nitrogens is 2. The van der Waals surface area contributed by atoms with Crippen molar-refractivity contribution < 1.29 is 52.7 Å². The van der Waals surface area contributed by atoms with E-state index < -0.39 is 148 Å². The molecule has 5 heterocycles. The SMILES string of the molecule is Fc1c(F)c(F)c2c(c1F)-c1nc-2nc2[nH]c(nc3nc(nc4[nH]c(n1)c1c(F)c(F)c(F)c(F)c41)-c1ccc(I)cc1-3)c1c(F)c(F)c(F)c(F)c21. The van der Waals surface area contributed by atoms with E-state index in [1.54, 1.807) is 0 Å². The fourth-order valence-electron chi connectivity index (χ4n) is 6.10. The van der Waals surface area contributed by atoms with Gasteiger partial charge in [-0.25, -0.2) is 82.6 Å². The topological polar surface area (TPSA) is 109 Å². The van der Waals surface area contributed by atoms with Crippen molar-refractivity contribution in [3.63, 3.8) is 0 Å². The number of hydrogen-bond acceptors (Lipinski definition) is 6. The van der Waals surface area contributed by atoms with Crippen LogP contribution in [0.15, 0.2) is 18.2 Å². The number of rotatable bonds is 0. The first-order valence-electron chi connectivity index (χ1n) is 14.4. The fourth-order valence-corrected chi connectivity index (χ4v) is 6.59. The number of aromatic nitrogens is 8. The average Bonchev–Trinajstić information content (AvgIpc) is 3.87. The molecule has 264 valence electrons. The summed E-state index contributed by atoms with van der Waals surface area (Å²) in [6.45, 7) is 0. The molecule has 2 N–H and O–H groups in total. The summed E-state index contributed by atoms with van der Waals surface area (Å²) < 4.78 is 181. The van der Waals surface area contributed by atoms with Crippen LogP contribution in [0.2, 0.25) is 0 Å². The highest BCUT2D eigenvalue weighted by Crippen LogP contribution is 2.42. The Kier molecular flexibility index (Phi) is 6.89.